The number of pyridine rings is 1. The second-order valence-electron chi connectivity index (χ2n) is 7.04. The van der Waals surface area contributed by atoms with Crippen molar-refractivity contribution in [1.29, 1.82) is 0 Å². The molecule has 29 heavy (non-hydrogen) atoms. The highest BCUT2D eigenvalue weighted by Gasteiger charge is 2.31. The van der Waals surface area contributed by atoms with E-state index in [9.17, 15) is 4.79 Å². The molecule has 0 fully saturated rings. The Kier molecular flexibility index (Phi) is 4.16. The summed E-state index contributed by atoms with van der Waals surface area (Å²) in [6.07, 6.45) is 5.17. The topological polar surface area (TPSA) is 92.6 Å². The van der Waals surface area contributed by atoms with Gasteiger partial charge in [-0.1, -0.05) is 24.3 Å². The second kappa shape index (κ2) is 6.97. The van der Waals surface area contributed by atoms with E-state index >= 15 is 0 Å². The number of amides is 1. The Hall–Kier alpha value is -3.81. The van der Waals surface area contributed by atoms with E-state index in [1.807, 2.05) is 47.4 Å². The van der Waals surface area contributed by atoms with Crippen LogP contribution in [0.3, 0.4) is 0 Å². The molecule has 0 bridgehead atoms. The molecule has 0 saturated carbocycles. The molecule has 0 spiro atoms. The van der Waals surface area contributed by atoms with Crippen LogP contribution in [-0.2, 0) is 6.54 Å². The fourth-order valence-corrected chi connectivity index (χ4v) is 3.81. The van der Waals surface area contributed by atoms with Gasteiger partial charge in [-0.2, -0.15) is 0 Å². The molecule has 1 aromatic carbocycles. The standard InChI is InChI=1S/C21H19N7O/c1-14-12-27(13-18-25-26-20(28(14)18)17-8-4-5-9-22-17)21(29)16-7-3-2-6-15(16)19-23-10-11-24-19/h2-11,14H,12-13H2,1H3,(H,23,24)/t14-/m0/s1. The molecular weight excluding hydrogens is 366 g/mol. The SMILES string of the molecule is C[C@H]1CN(C(=O)c2ccccc2-c2ncc[nH]2)Cc2nnc(-c3ccccn3)n21. The van der Waals surface area contributed by atoms with Crippen LogP contribution in [0.5, 0.6) is 0 Å². The minimum Gasteiger partial charge on any atom is -0.345 e. The highest BCUT2D eigenvalue weighted by atomic mass is 16.2. The number of nitrogens with zero attached hydrogens (tertiary/aromatic N) is 6. The first-order valence-corrected chi connectivity index (χ1v) is 9.45. The Morgan fingerprint density at radius 1 is 1.07 bits per heavy atom. The lowest BCUT2D eigenvalue weighted by Gasteiger charge is -2.32. The molecule has 5 rings (SSSR count). The van der Waals surface area contributed by atoms with Gasteiger partial charge in [0.15, 0.2) is 11.6 Å². The summed E-state index contributed by atoms with van der Waals surface area (Å²) in [4.78, 5) is 27.0. The van der Waals surface area contributed by atoms with Crippen molar-refractivity contribution in [3.63, 3.8) is 0 Å². The Balaban J connectivity index is 1.47. The molecule has 0 saturated heterocycles. The highest BCUT2D eigenvalue weighted by Crippen LogP contribution is 2.29. The average molecular weight is 385 g/mol. The van der Waals surface area contributed by atoms with Crippen molar-refractivity contribution in [2.24, 2.45) is 0 Å². The van der Waals surface area contributed by atoms with Crippen LogP contribution in [0.15, 0.2) is 61.1 Å². The van der Waals surface area contributed by atoms with E-state index in [-0.39, 0.29) is 11.9 Å². The van der Waals surface area contributed by atoms with E-state index < -0.39 is 0 Å². The zero-order valence-electron chi connectivity index (χ0n) is 15.9. The number of carbonyl (C=O) groups excluding carboxylic acids is 1. The molecule has 0 radical (unpaired) electrons. The fraction of sp³-hybridized carbons (Fsp3) is 0.190. The number of rotatable bonds is 3. The number of fused-ring (bicyclic) bond motifs is 1. The number of H-pyrrole nitrogens is 1. The van der Waals surface area contributed by atoms with Gasteiger partial charge in [0.2, 0.25) is 0 Å². The summed E-state index contributed by atoms with van der Waals surface area (Å²) in [6.45, 7) is 3.03. The number of carbonyl (C=O) groups is 1. The van der Waals surface area contributed by atoms with E-state index in [0.29, 0.717) is 24.5 Å². The lowest BCUT2D eigenvalue weighted by molar-refractivity contribution is 0.0683. The quantitative estimate of drug-likeness (QED) is 0.585. The third-order valence-corrected chi connectivity index (χ3v) is 5.12. The molecule has 3 aromatic heterocycles. The summed E-state index contributed by atoms with van der Waals surface area (Å²) in [5.41, 5.74) is 2.19. The maximum absolute atomic E-state index is 13.4. The van der Waals surface area contributed by atoms with Crippen molar-refractivity contribution < 1.29 is 4.79 Å². The van der Waals surface area contributed by atoms with Crippen molar-refractivity contribution >= 4 is 5.91 Å². The van der Waals surface area contributed by atoms with Gasteiger partial charge in [-0.05, 0) is 25.1 Å². The summed E-state index contributed by atoms with van der Waals surface area (Å²) in [5, 5.41) is 8.68. The van der Waals surface area contributed by atoms with Gasteiger partial charge in [0.25, 0.3) is 5.91 Å². The predicted molar refractivity (Wildman–Crippen MR) is 107 cm³/mol. The van der Waals surface area contributed by atoms with Crippen LogP contribution in [0.25, 0.3) is 22.9 Å². The normalized spacial score (nSPS) is 15.9. The first-order valence-electron chi connectivity index (χ1n) is 9.45. The van der Waals surface area contributed by atoms with Crippen LogP contribution in [-0.4, -0.2) is 47.1 Å². The van der Waals surface area contributed by atoms with Crippen LogP contribution in [0.2, 0.25) is 0 Å². The number of benzene rings is 1. The minimum atomic E-state index is -0.0440. The van der Waals surface area contributed by atoms with Gasteiger partial charge >= 0.3 is 0 Å². The van der Waals surface area contributed by atoms with Gasteiger partial charge in [0.05, 0.1) is 18.2 Å². The highest BCUT2D eigenvalue weighted by molar-refractivity contribution is 6.00. The number of aromatic amines is 1. The van der Waals surface area contributed by atoms with Crippen LogP contribution >= 0.6 is 0 Å². The first kappa shape index (κ1) is 17.3. The second-order valence-corrected chi connectivity index (χ2v) is 7.04. The van der Waals surface area contributed by atoms with Crippen molar-refractivity contribution in [3.05, 3.63) is 72.4 Å². The van der Waals surface area contributed by atoms with Crippen molar-refractivity contribution in [3.8, 4) is 22.9 Å². The summed E-state index contributed by atoms with van der Waals surface area (Å²) in [5.74, 6) is 2.13. The number of hydrogen-bond acceptors (Lipinski definition) is 5. The molecule has 8 nitrogen and oxygen atoms in total. The van der Waals surface area contributed by atoms with Gasteiger partial charge in [-0.3, -0.25) is 9.78 Å². The van der Waals surface area contributed by atoms with Gasteiger partial charge in [0.1, 0.15) is 11.5 Å². The lowest BCUT2D eigenvalue weighted by atomic mass is 10.0. The van der Waals surface area contributed by atoms with Gasteiger partial charge < -0.3 is 14.5 Å². The Bertz CT molecular complexity index is 1150. The average Bonchev–Trinajstić information content (AvgIpc) is 3.44. The molecule has 4 aromatic rings. The van der Waals surface area contributed by atoms with E-state index in [0.717, 1.165) is 22.9 Å². The van der Waals surface area contributed by atoms with Gasteiger partial charge in [-0.15, -0.1) is 10.2 Å². The van der Waals surface area contributed by atoms with Crippen LogP contribution in [0.4, 0.5) is 0 Å². The molecule has 1 aliphatic heterocycles. The van der Waals surface area contributed by atoms with E-state index in [1.165, 1.54) is 0 Å². The maximum Gasteiger partial charge on any atom is 0.255 e. The van der Waals surface area contributed by atoms with Gasteiger partial charge in [-0.25, -0.2) is 4.98 Å². The third kappa shape index (κ3) is 2.98. The molecule has 0 unspecified atom stereocenters. The van der Waals surface area contributed by atoms with Crippen LogP contribution in [0, 0.1) is 0 Å². The molecule has 144 valence electrons. The number of hydrogen-bond donors (Lipinski definition) is 1. The molecule has 8 heteroatoms. The fourth-order valence-electron chi connectivity index (χ4n) is 3.81. The maximum atomic E-state index is 13.4. The summed E-state index contributed by atoms with van der Waals surface area (Å²) >= 11 is 0. The smallest absolute Gasteiger partial charge is 0.255 e. The molecular formula is C21H19N7O. The van der Waals surface area contributed by atoms with Gasteiger partial charge in [0, 0.05) is 30.7 Å². The van der Waals surface area contributed by atoms with Crippen LogP contribution < -0.4 is 0 Å². The predicted octanol–water partition coefficient (Wildman–Crippen LogP) is 2.95. The zero-order chi connectivity index (χ0) is 19.8. The number of imidazole rings is 1. The summed E-state index contributed by atoms with van der Waals surface area (Å²) < 4.78 is 2.07. The minimum absolute atomic E-state index is 0.0329. The largest absolute Gasteiger partial charge is 0.345 e. The van der Waals surface area contributed by atoms with Crippen molar-refractivity contribution in [2.45, 2.75) is 19.5 Å². The Morgan fingerprint density at radius 2 is 1.93 bits per heavy atom. The van der Waals surface area contributed by atoms with E-state index in [2.05, 4.69) is 36.6 Å². The molecule has 1 atom stereocenters. The molecule has 4 heterocycles. The molecule has 0 aliphatic carbocycles. The lowest BCUT2D eigenvalue weighted by Crippen LogP contribution is -2.40. The summed E-state index contributed by atoms with van der Waals surface area (Å²) in [6, 6.07) is 13.3. The van der Waals surface area contributed by atoms with E-state index in [1.54, 1.807) is 18.6 Å². The third-order valence-electron chi connectivity index (χ3n) is 5.12. The molecule has 1 amide bonds. The van der Waals surface area contributed by atoms with Crippen LogP contribution in [0.1, 0.15) is 29.1 Å². The molecule has 1 aliphatic rings. The monoisotopic (exact) mass is 385 g/mol. The summed E-state index contributed by atoms with van der Waals surface area (Å²) in [7, 11) is 0. The van der Waals surface area contributed by atoms with Crippen molar-refractivity contribution in [1.82, 2.24) is 34.6 Å². The Morgan fingerprint density at radius 3 is 2.72 bits per heavy atom. The Labute approximate surface area is 167 Å². The number of aromatic nitrogens is 6. The van der Waals surface area contributed by atoms with E-state index in [4.69, 9.17) is 0 Å². The first-order chi connectivity index (χ1) is 14.2. The molecule has 1 N–H and O–H groups in total. The van der Waals surface area contributed by atoms with Crippen molar-refractivity contribution in [2.75, 3.05) is 6.54 Å². The zero-order valence-corrected chi connectivity index (χ0v) is 15.9. The number of nitrogens with one attached hydrogen (secondary N) is 1.